The van der Waals surface area contributed by atoms with Crippen molar-refractivity contribution in [2.75, 3.05) is 13.7 Å². The van der Waals surface area contributed by atoms with Crippen molar-refractivity contribution in [3.63, 3.8) is 0 Å². The van der Waals surface area contributed by atoms with Gasteiger partial charge in [-0.25, -0.2) is 0 Å². The van der Waals surface area contributed by atoms with Crippen LogP contribution in [0.3, 0.4) is 0 Å². The van der Waals surface area contributed by atoms with E-state index in [0.29, 0.717) is 33.1 Å². The van der Waals surface area contributed by atoms with E-state index in [0.717, 1.165) is 16.9 Å². The number of ether oxygens (including phenoxy) is 2. The van der Waals surface area contributed by atoms with E-state index in [2.05, 4.69) is 6.58 Å². The lowest BCUT2D eigenvalue weighted by molar-refractivity contribution is -0.122. The number of carbonyl (C=O) groups excluding carboxylic acids is 1. The number of hydrogen-bond acceptors (Lipinski definition) is 5. The molecule has 28 heavy (non-hydrogen) atoms. The molecule has 0 aromatic heterocycles. The summed E-state index contributed by atoms with van der Waals surface area (Å²) < 4.78 is 11.2. The van der Waals surface area contributed by atoms with Gasteiger partial charge in [0.25, 0.3) is 5.91 Å². The molecule has 2 aromatic rings. The first-order valence-corrected chi connectivity index (χ1v) is 10.0. The highest BCUT2D eigenvalue weighted by Gasteiger charge is 2.32. The highest BCUT2D eigenvalue weighted by Crippen LogP contribution is 2.35. The Morgan fingerprint density at radius 1 is 1.25 bits per heavy atom. The fraction of sp³-hybridized carbons (Fsp3) is 0.143. The summed E-state index contributed by atoms with van der Waals surface area (Å²) in [5, 5.41) is 0.476. The van der Waals surface area contributed by atoms with Crippen molar-refractivity contribution in [3.05, 3.63) is 76.2 Å². The average molecular weight is 432 g/mol. The summed E-state index contributed by atoms with van der Waals surface area (Å²) in [4.78, 5) is 15.0. The van der Waals surface area contributed by atoms with E-state index >= 15 is 0 Å². The van der Waals surface area contributed by atoms with Crippen molar-refractivity contribution < 1.29 is 14.3 Å². The highest BCUT2D eigenvalue weighted by atomic mass is 35.5. The first-order valence-electron chi connectivity index (χ1n) is 8.43. The monoisotopic (exact) mass is 431 g/mol. The van der Waals surface area contributed by atoms with Gasteiger partial charge in [0.05, 0.1) is 23.6 Å². The fourth-order valence-electron chi connectivity index (χ4n) is 2.57. The van der Waals surface area contributed by atoms with E-state index in [-0.39, 0.29) is 5.91 Å². The van der Waals surface area contributed by atoms with Crippen molar-refractivity contribution in [2.45, 2.75) is 6.54 Å². The lowest BCUT2D eigenvalue weighted by Gasteiger charge is -2.14. The average Bonchev–Trinajstić information content (AvgIpc) is 2.95. The first-order chi connectivity index (χ1) is 13.5. The van der Waals surface area contributed by atoms with Crippen LogP contribution in [0.15, 0.2) is 60.0 Å². The van der Waals surface area contributed by atoms with Gasteiger partial charge in [-0.1, -0.05) is 66.4 Å². The number of thiocarbonyl (C=S) groups is 1. The Labute approximate surface area is 178 Å². The summed E-state index contributed by atoms with van der Waals surface area (Å²) in [6.45, 7) is 4.41. The van der Waals surface area contributed by atoms with Crippen molar-refractivity contribution >= 4 is 51.9 Å². The van der Waals surface area contributed by atoms with Crippen LogP contribution >= 0.6 is 35.6 Å². The molecular weight excluding hydrogens is 414 g/mol. The maximum atomic E-state index is 12.8. The summed E-state index contributed by atoms with van der Waals surface area (Å²) >= 11 is 12.9. The Morgan fingerprint density at radius 3 is 2.64 bits per heavy atom. The molecule has 2 aromatic carbocycles. The Hall–Kier alpha value is -2.28. The summed E-state index contributed by atoms with van der Waals surface area (Å²) in [6.07, 6.45) is 3.44. The van der Waals surface area contributed by atoms with Gasteiger partial charge < -0.3 is 9.47 Å². The molecule has 144 valence electrons. The molecule has 1 aliphatic rings. The van der Waals surface area contributed by atoms with Gasteiger partial charge in [0.15, 0.2) is 0 Å². The van der Waals surface area contributed by atoms with Crippen LogP contribution in [0.4, 0.5) is 0 Å². The van der Waals surface area contributed by atoms with E-state index in [1.807, 2.05) is 30.3 Å². The minimum atomic E-state index is -0.117. The van der Waals surface area contributed by atoms with Crippen LogP contribution < -0.4 is 9.47 Å². The van der Waals surface area contributed by atoms with Crippen molar-refractivity contribution in [1.82, 2.24) is 4.90 Å². The summed E-state index contributed by atoms with van der Waals surface area (Å²) in [7, 11) is 1.62. The van der Waals surface area contributed by atoms with Crippen LogP contribution in [0.5, 0.6) is 11.5 Å². The smallest absolute Gasteiger partial charge is 0.266 e. The Bertz CT molecular complexity index is 941. The van der Waals surface area contributed by atoms with Crippen LogP contribution in [0.25, 0.3) is 6.08 Å². The highest BCUT2D eigenvalue weighted by molar-refractivity contribution is 8.26. The zero-order valence-electron chi connectivity index (χ0n) is 15.2. The first kappa shape index (κ1) is 20.5. The maximum absolute atomic E-state index is 12.8. The molecule has 1 amide bonds. The SMILES string of the molecule is C=CCOc1ccc(C=C2SC(=S)N(Cc3ccc(OC)cc3)C2=O)cc1Cl. The molecule has 0 unspecified atom stereocenters. The molecule has 1 aliphatic heterocycles. The lowest BCUT2D eigenvalue weighted by Crippen LogP contribution is -2.27. The lowest BCUT2D eigenvalue weighted by atomic mass is 10.2. The van der Waals surface area contributed by atoms with Crippen LogP contribution in [0.2, 0.25) is 5.02 Å². The van der Waals surface area contributed by atoms with Gasteiger partial charge in [0.2, 0.25) is 0 Å². The molecule has 0 aliphatic carbocycles. The van der Waals surface area contributed by atoms with Crippen molar-refractivity contribution in [2.24, 2.45) is 0 Å². The van der Waals surface area contributed by atoms with E-state index in [1.165, 1.54) is 11.8 Å². The molecule has 0 saturated carbocycles. The van der Waals surface area contributed by atoms with Gasteiger partial charge in [-0.2, -0.15) is 0 Å². The number of carbonyl (C=O) groups is 1. The molecule has 3 rings (SSSR count). The number of benzene rings is 2. The fourth-order valence-corrected chi connectivity index (χ4v) is 4.07. The molecule has 0 N–H and O–H groups in total. The van der Waals surface area contributed by atoms with Crippen molar-refractivity contribution in [3.8, 4) is 11.5 Å². The van der Waals surface area contributed by atoms with Gasteiger partial charge in [0.1, 0.15) is 22.4 Å². The van der Waals surface area contributed by atoms with Crippen LogP contribution in [0, 0.1) is 0 Å². The normalized spacial score (nSPS) is 15.2. The van der Waals surface area contributed by atoms with E-state index in [4.69, 9.17) is 33.3 Å². The molecule has 1 heterocycles. The molecular formula is C21H18ClNO3S2. The third-order valence-electron chi connectivity index (χ3n) is 3.98. The van der Waals surface area contributed by atoms with Crippen molar-refractivity contribution in [1.29, 1.82) is 0 Å². The number of rotatable bonds is 7. The quantitative estimate of drug-likeness (QED) is 0.337. The van der Waals surface area contributed by atoms with Crippen LogP contribution in [-0.4, -0.2) is 28.8 Å². The van der Waals surface area contributed by atoms with Gasteiger partial charge >= 0.3 is 0 Å². The number of halogens is 1. The number of thioether (sulfide) groups is 1. The predicted octanol–water partition coefficient (Wildman–Crippen LogP) is 5.31. The summed E-state index contributed by atoms with van der Waals surface area (Å²) in [5.74, 6) is 1.23. The second kappa shape index (κ2) is 9.28. The minimum absolute atomic E-state index is 0.117. The van der Waals surface area contributed by atoms with E-state index in [1.54, 1.807) is 36.3 Å². The Morgan fingerprint density at radius 2 is 2.00 bits per heavy atom. The number of nitrogens with zero attached hydrogens (tertiary/aromatic N) is 1. The molecule has 4 nitrogen and oxygen atoms in total. The predicted molar refractivity (Wildman–Crippen MR) is 119 cm³/mol. The molecule has 0 spiro atoms. The summed E-state index contributed by atoms with van der Waals surface area (Å²) in [5.41, 5.74) is 1.78. The molecule has 0 atom stereocenters. The maximum Gasteiger partial charge on any atom is 0.266 e. The molecule has 1 saturated heterocycles. The number of hydrogen-bond donors (Lipinski definition) is 0. The topological polar surface area (TPSA) is 38.8 Å². The molecule has 7 heteroatoms. The number of methoxy groups -OCH3 is 1. The third-order valence-corrected chi connectivity index (χ3v) is 5.66. The minimum Gasteiger partial charge on any atom is -0.497 e. The Balaban J connectivity index is 1.75. The standard InChI is InChI=1S/C21H18ClNO3S2/c1-3-10-26-18-9-6-15(11-17(18)22)12-19-20(24)23(21(27)28-19)13-14-4-7-16(25-2)8-5-14/h3-9,11-12H,1,10,13H2,2H3. The van der Waals surface area contributed by atoms with E-state index < -0.39 is 0 Å². The van der Waals surface area contributed by atoms with Gasteiger partial charge in [-0.05, 0) is 41.5 Å². The summed E-state index contributed by atoms with van der Waals surface area (Å²) in [6, 6.07) is 12.9. The molecule has 0 bridgehead atoms. The number of amides is 1. The third kappa shape index (κ3) is 4.76. The Kier molecular flexibility index (Phi) is 6.78. The second-order valence-corrected chi connectivity index (χ2v) is 7.99. The zero-order valence-corrected chi connectivity index (χ0v) is 17.6. The van der Waals surface area contributed by atoms with E-state index in [9.17, 15) is 4.79 Å². The largest absolute Gasteiger partial charge is 0.497 e. The van der Waals surface area contributed by atoms with Crippen LogP contribution in [-0.2, 0) is 11.3 Å². The zero-order chi connectivity index (χ0) is 20.1. The van der Waals surface area contributed by atoms with Crippen LogP contribution in [0.1, 0.15) is 11.1 Å². The van der Waals surface area contributed by atoms with Gasteiger partial charge in [0, 0.05) is 0 Å². The van der Waals surface area contributed by atoms with Gasteiger partial charge in [-0.15, -0.1) is 0 Å². The molecule has 1 fully saturated rings. The molecule has 0 radical (unpaired) electrons. The second-order valence-electron chi connectivity index (χ2n) is 5.91. The van der Waals surface area contributed by atoms with Gasteiger partial charge in [-0.3, -0.25) is 9.69 Å².